The third-order valence-electron chi connectivity index (χ3n) is 3.86. The average Bonchev–Trinajstić information content (AvgIpc) is 2.60. The topological polar surface area (TPSA) is 131 Å². The number of nitrogens with one attached hydrogen (secondary N) is 2. The van der Waals surface area contributed by atoms with Gasteiger partial charge in [0.1, 0.15) is 12.7 Å². The number of amides is 1. The van der Waals surface area contributed by atoms with Crippen LogP contribution in [0.1, 0.15) is 16.9 Å². The molecule has 1 saturated heterocycles. The number of fused-ring (bicyclic) bond motifs is 1. The van der Waals surface area contributed by atoms with Crippen molar-refractivity contribution in [3.63, 3.8) is 0 Å². The van der Waals surface area contributed by atoms with Gasteiger partial charge in [-0.3, -0.25) is 9.59 Å². The van der Waals surface area contributed by atoms with E-state index < -0.39 is 36.2 Å². The van der Waals surface area contributed by atoms with Crippen molar-refractivity contribution in [3.8, 4) is 0 Å². The Balaban J connectivity index is 1.77. The van der Waals surface area contributed by atoms with Crippen LogP contribution in [0.15, 0.2) is 29.1 Å². The van der Waals surface area contributed by atoms with Crippen LogP contribution in [0.2, 0.25) is 0 Å². The van der Waals surface area contributed by atoms with E-state index in [1.54, 1.807) is 24.3 Å². The Kier molecular flexibility index (Phi) is 5.05. The maximum absolute atomic E-state index is 12.5. The van der Waals surface area contributed by atoms with Gasteiger partial charge in [0.15, 0.2) is 5.69 Å². The summed E-state index contributed by atoms with van der Waals surface area (Å²) in [5, 5.41) is 11.4. The summed E-state index contributed by atoms with van der Waals surface area (Å²) >= 11 is 0. The van der Waals surface area contributed by atoms with E-state index in [2.05, 4.69) is 15.3 Å². The lowest BCUT2D eigenvalue weighted by atomic mass is 10.1. The number of carboxylic acids is 1. The third kappa shape index (κ3) is 4.01. The minimum Gasteiger partial charge on any atom is -0.480 e. The number of hydrogen-bond acceptors (Lipinski definition) is 6. The molecule has 0 unspecified atom stereocenters. The van der Waals surface area contributed by atoms with Crippen molar-refractivity contribution in [2.75, 3.05) is 19.8 Å². The van der Waals surface area contributed by atoms with Crippen LogP contribution in [0.25, 0.3) is 11.0 Å². The van der Waals surface area contributed by atoms with Gasteiger partial charge in [-0.2, -0.15) is 0 Å². The van der Waals surface area contributed by atoms with E-state index in [0.29, 0.717) is 24.1 Å². The minimum atomic E-state index is -1.11. The number of aromatic amines is 1. The first-order valence-corrected chi connectivity index (χ1v) is 7.75. The van der Waals surface area contributed by atoms with Crippen LogP contribution in [0.3, 0.4) is 0 Å². The number of carboxylic acid groups (broad SMARTS) is 1. The highest BCUT2D eigenvalue weighted by Gasteiger charge is 2.29. The molecule has 0 aliphatic carbocycles. The van der Waals surface area contributed by atoms with Crippen LogP contribution in [-0.2, 0) is 14.3 Å². The van der Waals surface area contributed by atoms with Gasteiger partial charge in [-0.25, -0.2) is 9.78 Å². The molecule has 2 heterocycles. The number of H-pyrrole nitrogens is 1. The zero-order chi connectivity index (χ0) is 17.8. The second-order valence-electron chi connectivity index (χ2n) is 5.62. The zero-order valence-corrected chi connectivity index (χ0v) is 13.2. The van der Waals surface area contributed by atoms with Crippen LogP contribution in [-0.4, -0.2) is 58.9 Å². The molecule has 1 aromatic heterocycles. The predicted octanol–water partition coefficient (Wildman–Crippen LogP) is -0.0884. The fraction of sp³-hybridized carbons (Fsp3) is 0.375. The standard InChI is InChI=1S/C16H17N3O6/c20-13(21)8-25-12-7-24-6-5-11(12)19-16(23)14-15(22)18-10-4-2-1-3-9(10)17-14/h1-4,11-12H,5-8H2,(H,18,22)(H,19,23)(H,20,21)/t11-,12-/m1/s1. The summed E-state index contributed by atoms with van der Waals surface area (Å²) in [6, 6.07) is 6.43. The van der Waals surface area contributed by atoms with E-state index in [-0.39, 0.29) is 12.3 Å². The highest BCUT2D eigenvalue weighted by atomic mass is 16.5. The summed E-state index contributed by atoms with van der Waals surface area (Å²) in [7, 11) is 0. The molecule has 1 aliphatic rings. The fourth-order valence-corrected chi connectivity index (χ4v) is 2.64. The van der Waals surface area contributed by atoms with Gasteiger partial charge in [-0.05, 0) is 18.6 Å². The lowest BCUT2D eigenvalue weighted by Gasteiger charge is -2.31. The van der Waals surface area contributed by atoms with Gasteiger partial charge in [0.2, 0.25) is 0 Å². The Morgan fingerprint density at radius 3 is 3.00 bits per heavy atom. The van der Waals surface area contributed by atoms with E-state index in [4.69, 9.17) is 14.6 Å². The maximum atomic E-state index is 12.5. The van der Waals surface area contributed by atoms with Gasteiger partial charge in [-0.1, -0.05) is 12.1 Å². The van der Waals surface area contributed by atoms with Gasteiger partial charge >= 0.3 is 5.97 Å². The molecule has 1 aromatic carbocycles. The molecule has 0 radical (unpaired) electrons. The largest absolute Gasteiger partial charge is 0.480 e. The summed E-state index contributed by atoms with van der Waals surface area (Å²) in [4.78, 5) is 41.9. The van der Waals surface area contributed by atoms with Crippen LogP contribution in [0, 0.1) is 0 Å². The van der Waals surface area contributed by atoms with Gasteiger partial charge in [0.05, 0.1) is 23.7 Å². The Bertz CT molecular complexity index is 849. The number of aromatic nitrogens is 2. The molecule has 1 amide bonds. The summed E-state index contributed by atoms with van der Waals surface area (Å²) < 4.78 is 10.5. The minimum absolute atomic E-state index is 0.166. The molecule has 0 saturated carbocycles. The normalized spacial score (nSPS) is 20.3. The number of nitrogens with zero attached hydrogens (tertiary/aromatic N) is 1. The first-order valence-electron chi connectivity index (χ1n) is 7.75. The smallest absolute Gasteiger partial charge is 0.329 e. The summed E-state index contributed by atoms with van der Waals surface area (Å²) in [5.74, 6) is -1.74. The molecule has 2 atom stereocenters. The van der Waals surface area contributed by atoms with Gasteiger partial charge < -0.3 is 24.9 Å². The monoisotopic (exact) mass is 347 g/mol. The lowest BCUT2D eigenvalue weighted by molar-refractivity contribution is -0.148. The molecular weight excluding hydrogens is 330 g/mol. The molecule has 25 heavy (non-hydrogen) atoms. The van der Waals surface area contributed by atoms with Crippen LogP contribution in [0.4, 0.5) is 0 Å². The van der Waals surface area contributed by atoms with Crippen molar-refractivity contribution in [2.45, 2.75) is 18.6 Å². The number of ether oxygens (including phenoxy) is 2. The first-order chi connectivity index (χ1) is 12.0. The molecular formula is C16H17N3O6. The molecule has 3 N–H and O–H groups in total. The van der Waals surface area contributed by atoms with E-state index in [9.17, 15) is 14.4 Å². The maximum Gasteiger partial charge on any atom is 0.329 e. The molecule has 3 rings (SSSR count). The van der Waals surface area contributed by atoms with Crippen LogP contribution >= 0.6 is 0 Å². The number of benzene rings is 1. The molecule has 9 heteroatoms. The van der Waals surface area contributed by atoms with Gasteiger partial charge in [-0.15, -0.1) is 0 Å². The highest BCUT2D eigenvalue weighted by Crippen LogP contribution is 2.12. The second-order valence-corrected chi connectivity index (χ2v) is 5.62. The van der Waals surface area contributed by atoms with Crippen molar-refractivity contribution in [3.05, 3.63) is 40.3 Å². The van der Waals surface area contributed by atoms with Crippen molar-refractivity contribution >= 4 is 22.9 Å². The molecule has 2 aromatic rings. The Labute approximate surface area is 142 Å². The number of rotatable bonds is 5. The number of aliphatic carboxylic acids is 1. The van der Waals surface area contributed by atoms with E-state index >= 15 is 0 Å². The second kappa shape index (κ2) is 7.41. The van der Waals surface area contributed by atoms with Crippen molar-refractivity contribution in [1.29, 1.82) is 0 Å². The van der Waals surface area contributed by atoms with Crippen molar-refractivity contribution < 1.29 is 24.2 Å². The predicted molar refractivity (Wildman–Crippen MR) is 86.4 cm³/mol. The quantitative estimate of drug-likeness (QED) is 0.689. The SMILES string of the molecule is O=C(O)CO[C@@H]1COCC[C@H]1NC(=O)c1nc2ccccc2[nH]c1=O. The van der Waals surface area contributed by atoms with E-state index in [1.165, 1.54) is 0 Å². The van der Waals surface area contributed by atoms with Crippen molar-refractivity contribution in [2.24, 2.45) is 0 Å². The number of para-hydroxylation sites is 2. The number of hydrogen-bond donors (Lipinski definition) is 3. The van der Waals surface area contributed by atoms with Gasteiger partial charge in [0, 0.05) is 6.61 Å². The number of carbonyl (C=O) groups is 2. The van der Waals surface area contributed by atoms with E-state index in [1.807, 2.05) is 0 Å². The molecule has 0 spiro atoms. The van der Waals surface area contributed by atoms with Crippen LogP contribution in [0.5, 0.6) is 0 Å². The fourth-order valence-electron chi connectivity index (χ4n) is 2.64. The molecule has 1 fully saturated rings. The molecule has 9 nitrogen and oxygen atoms in total. The van der Waals surface area contributed by atoms with E-state index in [0.717, 1.165) is 0 Å². The first kappa shape index (κ1) is 17.1. The Hall–Kier alpha value is -2.78. The Morgan fingerprint density at radius 2 is 2.20 bits per heavy atom. The molecule has 0 bridgehead atoms. The summed E-state index contributed by atoms with van der Waals surface area (Å²) in [6.45, 7) is 0.0777. The molecule has 1 aliphatic heterocycles. The highest BCUT2D eigenvalue weighted by molar-refractivity contribution is 5.93. The zero-order valence-electron chi connectivity index (χ0n) is 13.2. The lowest BCUT2D eigenvalue weighted by Crippen LogP contribution is -2.51. The third-order valence-corrected chi connectivity index (χ3v) is 3.86. The summed E-state index contributed by atoms with van der Waals surface area (Å²) in [6.07, 6.45) is -0.157. The van der Waals surface area contributed by atoms with Gasteiger partial charge in [0.25, 0.3) is 11.5 Å². The van der Waals surface area contributed by atoms with Crippen LogP contribution < -0.4 is 10.9 Å². The Morgan fingerprint density at radius 1 is 1.40 bits per heavy atom. The van der Waals surface area contributed by atoms with Crippen molar-refractivity contribution in [1.82, 2.24) is 15.3 Å². The average molecular weight is 347 g/mol. The summed E-state index contributed by atoms with van der Waals surface area (Å²) in [5.41, 5.74) is 0.198. The number of carbonyl (C=O) groups excluding carboxylic acids is 1. The molecule has 132 valence electrons.